The van der Waals surface area contributed by atoms with E-state index in [4.69, 9.17) is 10.5 Å². The lowest BCUT2D eigenvalue weighted by Crippen LogP contribution is -2.29. The van der Waals surface area contributed by atoms with Crippen LogP contribution in [0.2, 0.25) is 0 Å². The Morgan fingerprint density at radius 2 is 2.17 bits per heavy atom. The molecule has 0 aromatic carbocycles. The summed E-state index contributed by atoms with van der Waals surface area (Å²) in [5.41, 5.74) is 8.77. The van der Waals surface area contributed by atoms with Gasteiger partial charge in [-0.05, 0) is 31.9 Å². The zero-order chi connectivity index (χ0) is 16.4. The van der Waals surface area contributed by atoms with Crippen molar-refractivity contribution in [2.45, 2.75) is 26.3 Å². The number of likely N-dealkylation sites (tertiary alicyclic amines) is 1. The largest absolute Gasteiger partial charge is 0.383 e. The average Bonchev–Trinajstić information content (AvgIpc) is 2.91. The third-order valence-corrected chi connectivity index (χ3v) is 4.24. The number of aryl methyl sites for hydroxylation is 2. The Hall–Kier alpha value is -1.99. The summed E-state index contributed by atoms with van der Waals surface area (Å²) in [4.78, 5) is 15.8. The molecular weight excluding hydrogens is 292 g/mol. The van der Waals surface area contributed by atoms with Crippen LogP contribution in [0.15, 0.2) is 6.07 Å². The van der Waals surface area contributed by atoms with Gasteiger partial charge in [0.2, 0.25) is 5.95 Å². The number of fused-ring (bicyclic) bond motifs is 1. The molecule has 3 heterocycles. The molecule has 7 heteroatoms. The van der Waals surface area contributed by atoms with Crippen molar-refractivity contribution in [1.29, 1.82) is 0 Å². The normalized spacial score (nSPS) is 18.7. The molecule has 0 unspecified atom stereocenters. The highest BCUT2D eigenvalue weighted by Crippen LogP contribution is 2.23. The van der Waals surface area contributed by atoms with Crippen LogP contribution in [0.1, 0.15) is 17.7 Å². The van der Waals surface area contributed by atoms with Crippen LogP contribution in [-0.2, 0) is 4.74 Å². The van der Waals surface area contributed by atoms with Gasteiger partial charge in [-0.15, -0.1) is 0 Å². The van der Waals surface area contributed by atoms with Crippen molar-refractivity contribution in [3.63, 3.8) is 0 Å². The van der Waals surface area contributed by atoms with Crippen molar-refractivity contribution in [2.75, 3.05) is 44.4 Å². The first kappa shape index (κ1) is 15.9. The fourth-order valence-electron chi connectivity index (χ4n) is 3.13. The van der Waals surface area contributed by atoms with Crippen LogP contribution in [0.3, 0.4) is 0 Å². The minimum atomic E-state index is 0.328. The lowest BCUT2D eigenvalue weighted by Gasteiger charge is -2.16. The van der Waals surface area contributed by atoms with Crippen molar-refractivity contribution >= 4 is 22.8 Å². The number of rotatable bonds is 5. The van der Waals surface area contributed by atoms with E-state index in [2.05, 4.69) is 25.2 Å². The summed E-state index contributed by atoms with van der Waals surface area (Å²) in [6.07, 6.45) is 1.06. The smallest absolute Gasteiger partial charge is 0.226 e. The van der Waals surface area contributed by atoms with E-state index >= 15 is 0 Å². The standard InChI is InChI=1S/C16H24N6O/c1-10-8-11(2)18-15-13(10)14(17)20-16(21-15)19-12-4-5-22(9-12)6-7-23-3/h8,12H,4-7,9H2,1-3H3,(H3,17,18,19,20,21)/t12-/m1/s1. The molecule has 2 aromatic rings. The van der Waals surface area contributed by atoms with Gasteiger partial charge in [-0.2, -0.15) is 9.97 Å². The maximum atomic E-state index is 6.12. The monoisotopic (exact) mass is 316 g/mol. The van der Waals surface area contributed by atoms with Gasteiger partial charge in [-0.3, -0.25) is 4.90 Å². The highest BCUT2D eigenvalue weighted by Gasteiger charge is 2.23. The van der Waals surface area contributed by atoms with Crippen LogP contribution in [0.25, 0.3) is 11.0 Å². The molecule has 0 spiro atoms. The summed E-state index contributed by atoms with van der Waals surface area (Å²) in [6, 6.07) is 2.33. The number of nitrogens with two attached hydrogens (primary N) is 1. The number of hydrogen-bond donors (Lipinski definition) is 2. The fourth-order valence-corrected chi connectivity index (χ4v) is 3.13. The zero-order valence-corrected chi connectivity index (χ0v) is 14.0. The molecule has 3 N–H and O–H groups in total. The Morgan fingerprint density at radius 1 is 1.35 bits per heavy atom. The number of nitrogens with zero attached hydrogens (tertiary/aromatic N) is 4. The van der Waals surface area contributed by atoms with Gasteiger partial charge < -0.3 is 15.8 Å². The molecule has 1 atom stereocenters. The minimum Gasteiger partial charge on any atom is -0.383 e. The quantitative estimate of drug-likeness (QED) is 0.860. The summed E-state index contributed by atoms with van der Waals surface area (Å²) in [5, 5.41) is 4.24. The SMILES string of the molecule is COCCN1CC[C@@H](Nc2nc(N)c3c(C)cc(C)nc3n2)C1. The van der Waals surface area contributed by atoms with E-state index in [0.29, 0.717) is 23.5 Å². The van der Waals surface area contributed by atoms with E-state index in [0.717, 1.165) is 49.3 Å². The maximum absolute atomic E-state index is 6.12. The van der Waals surface area contributed by atoms with Gasteiger partial charge >= 0.3 is 0 Å². The van der Waals surface area contributed by atoms with E-state index in [-0.39, 0.29) is 0 Å². The van der Waals surface area contributed by atoms with Crippen molar-refractivity contribution in [2.24, 2.45) is 0 Å². The van der Waals surface area contributed by atoms with Crippen LogP contribution < -0.4 is 11.1 Å². The molecular formula is C16H24N6O. The van der Waals surface area contributed by atoms with Crippen LogP contribution in [-0.4, -0.2) is 59.2 Å². The molecule has 0 radical (unpaired) electrons. The topological polar surface area (TPSA) is 89.2 Å². The van der Waals surface area contributed by atoms with E-state index < -0.39 is 0 Å². The highest BCUT2D eigenvalue weighted by atomic mass is 16.5. The van der Waals surface area contributed by atoms with E-state index in [1.54, 1.807) is 7.11 Å². The second-order valence-electron chi connectivity index (χ2n) is 6.13. The predicted octanol–water partition coefficient (Wildman–Crippen LogP) is 1.36. The molecule has 7 nitrogen and oxygen atoms in total. The first-order chi connectivity index (χ1) is 11.1. The van der Waals surface area contributed by atoms with Crippen molar-refractivity contribution in [3.8, 4) is 0 Å². The van der Waals surface area contributed by atoms with Crippen molar-refractivity contribution in [1.82, 2.24) is 19.9 Å². The maximum Gasteiger partial charge on any atom is 0.226 e. The third-order valence-electron chi connectivity index (χ3n) is 4.24. The molecule has 0 bridgehead atoms. The number of ether oxygens (including phenoxy) is 1. The Morgan fingerprint density at radius 3 is 2.96 bits per heavy atom. The number of nitrogen functional groups attached to an aromatic ring is 1. The number of aromatic nitrogens is 3. The first-order valence-corrected chi connectivity index (χ1v) is 7.96. The number of pyridine rings is 1. The molecule has 1 saturated heterocycles. The Kier molecular flexibility index (Phi) is 4.58. The molecule has 23 heavy (non-hydrogen) atoms. The van der Waals surface area contributed by atoms with Gasteiger partial charge in [0.15, 0.2) is 5.65 Å². The number of methoxy groups -OCH3 is 1. The molecule has 2 aromatic heterocycles. The average molecular weight is 316 g/mol. The second kappa shape index (κ2) is 6.64. The molecule has 1 aliphatic rings. The van der Waals surface area contributed by atoms with Gasteiger partial charge in [0.1, 0.15) is 5.82 Å². The number of nitrogens with one attached hydrogen (secondary N) is 1. The predicted molar refractivity (Wildman–Crippen MR) is 91.6 cm³/mol. The molecule has 3 rings (SSSR count). The van der Waals surface area contributed by atoms with Crippen molar-refractivity contribution < 1.29 is 4.74 Å². The number of anilines is 2. The molecule has 0 saturated carbocycles. The van der Waals surface area contributed by atoms with E-state index in [1.165, 1.54) is 0 Å². The molecule has 0 amide bonds. The zero-order valence-electron chi connectivity index (χ0n) is 14.0. The first-order valence-electron chi connectivity index (χ1n) is 7.96. The minimum absolute atomic E-state index is 0.328. The second-order valence-corrected chi connectivity index (χ2v) is 6.13. The van der Waals surface area contributed by atoms with E-state index in [1.807, 2.05) is 19.9 Å². The van der Waals surface area contributed by atoms with Gasteiger partial charge in [0, 0.05) is 38.5 Å². The summed E-state index contributed by atoms with van der Waals surface area (Å²) < 4.78 is 5.13. The molecule has 1 aliphatic heterocycles. The van der Waals surface area contributed by atoms with Crippen molar-refractivity contribution in [3.05, 3.63) is 17.3 Å². The van der Waals surface area contributed by atoms with Gasteiger partial charge in [-0.25, -0.2) is 4.98 Å². The Bertz CT molecular complexity index is 705. The molecule has 0 aliphatic carbocycles. The van der Waals surface area contributed by atoms with Crippen LogP contribution in [0.4, 0.5) is 11.8 Å². The summed E-state index contributed by atoms with van der Waals surface area (Å²) >= 11 is 0. The molecule has 1 fully saturated rings. The van der Waals surface area contributed by atoms with Crippen LogP contribution in [0.5, 0.6) is 0 Å². The lowest BCUT2D eigenvalue weighted by atomic mass is 10.1. The number of hydrogen-bond acceptors (Lipinski definition) is 7. The fraction of sp³-hybridized carbons (Fsp3) is 0.562. The van der Waals surface area contributed by atoms with Gasteiger partial charge in [0.25, 0.3) is 0 Å². The van der Waals surface area contributed by atoms with E-state index in [9.17, 15) is 0 Å². The Labute approximate surface area is 136 Å². The Balaban J connectivity index is 1.76. The van der Waals surface area contributed by atoms with Crippen LogP contribution in [0, 0.1) is 13.8 Å². The third kappa shape index (κ3) is 3.51. The van der Waals surface area contributed by atoms with Gasteiger partial charge in [0.05, 0.1) is 12.0 Å². The summed E-state index contributed by atoms with van der Waals surface area (Å²) in [6.45, 7) is 7.70. The van der Waals surface area contributed by atoms with Gasteiger partial charge in [-0.1, -0.05) is 0 Å². The lowest BCUT2D eigenvalue weighted by molar-refractivity contribution is 0.160. The summed E-state index contributed by atoms with van der Waals surface area (Å²) in [5.74, 6) is 1.04. The van der Waals surface area contributed by atoms with Crippen LogP contribution >= 0.6 is 0 Å². The highest BCUT2D eigenvalue weighted by molar-refractivity contribution is 5.89. The summed E-state index contributed by atoms with van der Waals surface area (Å²) in [7, 11) is 1.73. The molecule has 124 valence electrons.